The molecule has 206 valence electrons. The van der Waals surface area contributed by atoms with E-state index in [4.69, 9.17) is 28.4 Å². The number of ether oxygens (including phenoxy) is 6. The van der Waals surface area contributed by atoms with E-state index in [2.05, 4.69) is 23.8 Å². The highest BCUT2D eigenvalue weighted by Gasteiger charge is 2.13. The Hall–Kier alpha value is -3.41. The molecule has 0 heterocycles. The summed E-state index contributed by atoms with van der Waals surface area (Å²) in [6.07, 6.45) is 0.447. The van der Waals surface area contributed by atoms with Gasteiger partial charge in [-0.1, -0.05) is 12.7 Å². The van der Waals surface area contributed by atoms with Gasteiger partial charge in [0.05, 0.1) is 39.1 Å². The van der Waals surface area contributed by atoms with Crippen LogP contribution in [0.2, 0.25) is 0 Å². The van der Waals surface area contributed by atoms with Gasteiger partial charge in [-0.25, -0.2) is 14.4 Å². The number of benzene rings is 1. The molecule has 0 saturated heterocycles. The largest absolute Gasteiger partial charge is 0.460 e. The Morgan fingerprint density at radius 1 is 0.892 bits per heavy atom. The van der Waals surface area contributed by atoms with Gasteiger partial charge in [0.1, 0.15) is 18.8 Å². The zero-order chi connectivity index (χ0) is 27.6. The van der Waals surface area contributed by atoms with Crippen molar-refractivity contribution in [3.8, 4) is 0 Å². The minimum absolute atomic E-state index is 0.0463. The van der Waals surface area contributed by atoms with Crippen LogP contribution < -0.4 is 10.6 Å². The maximum absolute atomic E-state index is 12.2. The lowest BCUT2D eigenvalue weighted by atomic mass is 10.2. The van der Waals surface area contributed by atoms with E-state index in [-0.39, 0.29) is 32.5 Å². The van der Waals surface area contributed by atoms with Crippen LogP contribution in [0.15, 0.2) is 43.5 Å². The third kappa shape index (κ3) is 14.7. The summed E-state index contributed by atoms with van der Waals surface area (Å²) in [5.74, 6) is -0.531. The molecule has 1 rings (SSSR count). The summed E-state index contributed by atoms with van der Waals surface area (Å²) in [5, 5.41) is 5.29. The fourth-order valence-electron chi connectivity index (χ4n) is 2.72. The smallest absolute Gasteiger partial charge is 0.411 e. The average Bonchev–Trinajstić information content (AvgIpc) is 2.84. The molecule has 3 atom stereocenters. The van der Waals surface area contributed by atoms with E-state index in [0.29, 0.717) is 30.2 Å². The van der Waals surface area contributed by atoms with Crippen molar-refractivity contribution in [1.82, 2.24) is 0 Å². The van der Waals surface area contributed by atoms with Gasteiger partial charge in [0.15, 0.2) is 0 Å². The van der Waals surface area contributed by atoms with Crippen LogP contribution in [-0.4, -0.2) is 76.1 Å². The highest BCUT2D eigenvalue weighted by Crippen LogP contribution is 2.20. The summed E-state index contributed by atoms with van der Waals surface area (Å²) >= 11 is 0. The van der Waals surface area contributed by atoms with Gasteiger partial charge in [-0.05, 0) is 51.5 Å². The number of carbonyl (C=O) groups is 3. The number of hydrogen-bond donors (Lipinski definition) is 2. The van der Waals surface area contributed by atoms with E-state index >= 15 is 0 Å². The molecule has 0 aromatic heterocycles. The van der Waals surface area contributed by atoms with Crippen LogP contribution in [0.3, 0.4) is 0 Å². The Morgan fingerprint density at radius 3 is 2.05 bits per heavy atom. The second-order valence-electron chi connectivity index (χ2n) is 8.04. The lowest BCUT2D eigenvalue weighted by molar-refractivity contribution is -0.139. The monoisotopic (exact) mass is 522 g/mol. The molecule has 0 spiro atoms. The lowest BCUT2D eigenvalue weighted by Gasteiger charge is -2.16. The van der Waals surface area contributed by atoms with Gasteiger partial charge in [0, 0.05) is 17.5 Å². The van der Waals surface area contributed by atoms with Crippen molar-refractivity contribution in [2.45, 2.75) is 46.0 Å². The average molecular weight is 523 g/mol. The number of aryl methyl sites for hydroxylation is 1. The van der Waals surface area contributed by atoms with Gasteiger partial charge in [0.25, 0.3) is 0 Å². The molecule has 11 nitrogen and oxygen atoms in total. The maximum atomic E-state index is 12.2. The standard InChI is InChI=1S/C26H38N2O9/c1-7-19(4)34-13-11-32-17-21(6)37-26(31)28-23-10-9-22(15-18(23)3)27-25(30)36-20(5)16-33-12-14-35-24(29)8-2/h7-10,15,19-21H,1-2,11-14,16-17H2,3-6H3,(H,27,30)(H,28,31). The summed E-state index contributed by atoms with van der Waals surface area (Å²) in [4.78, 5) is 35.3. The lowest BCUT2D eigenvalue weighted by Crippen LogP contribution is -2.25. The van der Waals surface area contributed by atoms with Crippen LogP contribution in [0.5, 0.6) is 0 Å². The van der Waals surface area contributed by atoms with Crippen molar-refractivity contribution < 1.29 is 42.8 Å². The number of carbonyl (C=O) groups excluding carboxylic acids is 3. The summed E-state index contributed by atoms with van der Waals surface area (Å²) in [6, 6.07) is 4.95. The van der Waals surface area contributed by atoms with E-state index in [1.807, 2.05) is 6.92 Å². The Morgan fingerprint density at radius 2 is 1.49 bits per heavy atom. The zero-order valence-corrected chi connectivity index (χ0v) is 21.9. The number of nitrogens with one attached hydrogen (secondary N) is 2. The molecule has 0 aliphatic carbocycles. The van der Waals surface area contributed by atoms with Crippen LogP contribution in [0, 0.1) is 6.92 Å². The van der Waals surface area contributed by atoms with Crippen molar-refractivity contribution in [1.29, 1.82) is 0 Å². The molecule has 1 aromatic rings. The molecule has 0 aliphatic rings. The van der Waals surface area contributed by atoms with E-state index in [0.717, 1.165) is 6.08 Å². The number of anilines is 2. The van der Waals surface area contributed by atoms with E-state index in [9.17, 15) is 14.4 Å². The van der Waals surface area contributed by atoms with Gasteiger partial charge in [-0.3, -0.25) is 10.6 Å². The van der Waals surface area contributed by atoms with E-state index in [1.165, 1.54) is 0 Å². The van der Waals surface area contributed by atoms with Crippen LogP contribution in [0.1, 0.15) is 26.3 Å². The Bertz CT molecular complexity index is 891. The predicted octanol–water partition coefficient (Wildman–Crippen LogP) is 4.22. The SMILES string of the molecule is C=CC(=O)OCCOCC(C)OC(=O)Nc1ccc(NC(=O)OC(C)COCCOC(C)C=C)c(C)c1. The van der Waals surface area contributed by atoms with Crippen LogP contribution in [0.4, 0.5) is 21.0 Å². The van der Waals surface area contributed by atoms with E-state index in [1.54, 1.807) is 45.0 Å². The molecule has 3 unspecified atom stereocenters. The Kier molecular flexibility index (Phi) is 15.3. The van der Waals surface area contributed by atoms with Crippen LogP contribution in [-0.2, 0) is 33.2 Å². The predicted molar refractivity (Wildman–Crippen MR) is 139 cm³/mol. The van der Waals surface area contributed by atoms with Gasteiger partial charge in [0.2, 0.25) is 0 Å². The summed E-state index contributed by atoms with van der Waals surface area (Å²) in [7, 11) is 0. The molecule has 0 bridgehead atoms. The number of esters is 1. The number of rotatable bonds is 17. The second-order valence-corrected chi connectivity index (χ2v) is 8.04. The van der Waals surface area contributed by atoms with Crippen molar-refractivity contribution in [3.05, 3.63) is 49.1 Å². The van der Waals surface area contributed by atoms with Gasteiger partial charge in [-0.2, -0.15) is 0 Å². The fraction of sp³-hybridized carbons (Fsp3) is 0.500. The second kappa shape index (κ2) is 17.9. The first-order chi connectivity index (χ1) is 17.6. The highest BCUT2D eigenvalue weighted by molar-refractivity contribution is 5.88. The van der Waals surface area contributed by atoms with E-state index < -0.39 is 30.4 Å². The van der Waals surface area contributed by atoms with Gasteiger partial charge in [-0.15, -0.1) is 6.58 Å². The minimum Gasteiger partial charge on any atom is -0.460 e. The Balaban J connectivity index is 2.35. The summed E-state index contributed by atoms with van der Waals surface area (Å²) in [6.45, 7) is 15.4. The van der Waals surface area contributed by atoms with Crippen molar-refractivity contribution >= 4 is 29.5 Å². The van der Waals surface area contributed by atoms with Gasteiger partial charge >= 0.3 is 18.2 Å². The topological polar surface area (TPSA) is 131 Å². The van der Waals surface area contributed by atoms with Crippen molar-refractivity contribution in [2.75, 3.05) is 50.3 Å². The third-order valence-corrected chi connectivity index (χ3v) is 4.61. The summed E-state index contributed by atoms with van der Waals surface area (Å²) in [5.41, 5.74) is 1.72. The first-order valence-corrected chi connectivity index (χ1v) is 11.9. The molecule has 0 radical (unpaired) electrons. The molecule has 2 amide bonds. The summed E-state index contributed by atoms with van der Waals surface area (Å²) < 4.78 is 31.5. The number of hydrogen-bond acceptors (Lipinski definition) is 9. The molecule has 0 fully saturated rings. The van der Waals surface area contributed by atoms with Crippen LogP contribution in [0.25, 0.3) is 0 Å². The molecular weight excluding hydrogens is 484 g/mol. The van der Waals surface area contributed by atoms with Crippen molar-refractivity contribution in [3.63, 3.8) is 0 Å². The molecule has 0 saturated carbocycles. The quantitative estimate of drug-likeness (QED) is 0.101. The fourth-order valence-corrected chi connectivity index (χ4v) is 2.72. The Labute approximate surface area is 218 Å². The first kappa shape index (κ1) is 31.6. The van der Waals surface area contributed by atoms with Crippen LogP contribution >= 0.6 is 0 Å². The number of amides is 2. The zero-order valence-electron chi connectivity index (χ0n) is 21.9. The molecule has 0 aliphatic heterocycles. The minimum atomic E-state index is -0.660. The molecule has 1 aromatic carbocycles. The first-order valence-electron chi connectivity index (χ1n) is 11.9. The molecule has 37 heavy (non-hydrogen) atoms. The highest BCUT2D eigenvalue weighted by atomic mass is 16.6. The normalized spacial score (nSPS) is 13.0. The van der Waals surface area contributed by atoms with Crippen molar-refractivity contribution in [2.24, 2.45) is 0 Å². The maximum Gasteiger partial charge on any atom is 0.411 e. The molecular formula is C26H38N2O9. The molecule has 2 N–H and O–H groups in total. The molecule has 11 heteroatoms. The third-order valence-electron chi connectivity index (χ3n) is 4.61. The van der Waals surface area contributed by atoms with Gasteiger partial charge < -0.3 is 28.4 Å².